The largest absolute Gasteiger partial charge is 0.428 e. The van der Waals surface area contributed by atoms with Crippen LogP contribution in [0, 0.1) is 11.8 Å². The lowest BCUT2D eigenvalue weighted by Crippen LogP contribution is -2.69. The number of nitrogen functional groups attached to an aromatic ring is 1. The van der Waals surface area contributed by atoms with E-state index in [0.717, 1.165) is 17.8 Å². The molecule has 0 aliphatic carbocycles. The van der Waals surface area contributed by atoms with E-state index in [1.165, 1.54) is 30.0 Å². The summed E-state index contributed by atoms with van der Waals surface area (Å²) in [5.74, 6) is -2.07. The first kappa shape index (κ1) is 26.5. The minimum absolute atomic E-state index is 0.107. The third-order valence-corrected chi connectivity index (χ3v) is 7.75. The van der Waals surface area contributed by atoms with Gasteiger partial charge in [-0.25, -0.2) is 9.78 Å². The number of amides is 2. The van der Waals surface area contributed by atoms with Crippen molar-refractivity contribution in [3.63, 3.8) is 0 Å². The lowest BCUT2D eigenvalue weighted by Gasteiger charge is -2.47. The molecule has 0 radical (unpaired) electrons. The zero-order valence-corrected chi connectivity index (χ0v) is 21.3. The van der Waals surface area contributed by atoms with Gasteiger partial charge in [0.25, 0.3) is 11.8 Å². The van der Waals surface area contributed by atoms with Crippen molar-refractivity contribution in [3.8, 4) is 0 Å². The van der Waals surface area contributed by atoms with Gasteiger partial charge in [0.1, 0.15) is 24.2 Å². The van der Waals surface area contributed by atoms with Crippen molar-refractivity contribution in [2.24, 2.45) is 17.0 Å². The zero-order chi connectivity index (χ0) is 25.7. The Morgan fingerprint density at radius 2 is 2.09 bits per heavy atom. The van der Waals surface area contributed by atoms with Gasteiger partial charge in [0.15, 0.2) is 10.8 Å². The maximum atomic E-state index is 12.7. The Hall–Kier alpha value is -3.13. The van der Waals surface area contributed by atoms with E-state index in [-0.39, 0.29) is 39.7 Å². The molecular formula is C21H27N5O7S2. The monoisotopic (exact) mass is 525 g/mol. The summed E-state index contributed by atoms with van der Waals surface area (Å²) >= 11 is 2.43. The number of hydrogen-bond acceptors (Lipinski definition) is 12. The van der Waals surface area contributed by atoms with Crippen LogP contribution in [0.1, 0.15) is 32.9 Å². The van der Waals surface area contributed by atoms with Gasteiger partial charge in [0.05, 0.1) is 11.5 Å². The second-order valence-electron chi connectivity index (χ2n) is 7.93. The summed E-state index contributed by atoms with van der Waals surface area (Å²) in [5, 5.41) is 7.75. The van der Waals surface area contributed by atoms with Crippen LogP contribution in [-0.4, -0.2) is 70.4 Å². The highest BCUT2D eigenvalue weighted by Gasteiger charge is 2.50. The second kappa shape index (κ2) is 11.5. The molecule has 12 nitrogen and oxygen atoms in total. The molecule has 2 amide bonds. The zero-order valence-electron chi connectivity index (χ0n) is 19.7. The Kier molecular flexibility index (Phi) is 8.72. The fraction of sp³-hybridized carbons (Fsp3) is 0.524. The molecule has 4 atom stereocenters. The number of carbonyl (C=O) groups is 4. The number of esters is 2. The molecule has 3 heterocycles. The molecular weight excluding hydrogens is 498 g/mol. The Labute approximate surface area is 210 Å². The lowest BCUT2D eigenvalue weighted by atomic mass is 9.94. The van der Waals surface area contributed by atoms with Gasteiger partial charge in [0, 0.05) is 17.3 Å². The van der Waals surface area contributed by atoms with Crippen LogP contribution in [0.4, 0.5) is 5.13 Å². The van der Waals surface area contributed by atoms with Crippen molar-refractivity contribution < 1.29 is 33.5 Å². The average molecular weight is 526 g/mol. The van der Waals surface area contributed by atoms with Gasteiger partial charge in [-0.2, -0.15) is 0 Å². The predicted molar refractivity (Wildman–Crippen MR) is 129 cm³/mol. The number of β-lactam (4-membered cyclic amide) rings is 1. The molecule has 0 spiro atoms. The van der Waals surface area contributed by atoms with Crippen molar-refractivity contribution in [1.82, 2.24) is 15.2 Å². The molecule has 0 aromatic carbocycles. The molecule has 3 N–H and O–H groups in total. The molecule has 1 aromatic heterocycles. The Balaban J connectivity index is 1.54. The summed E-state index contributed by atoms with van der Waals surface area (Å²) in [6.07, 6.45) is 2.22. The number of oxime groups is 1. The number of hydrogen-bond donors (Lipinski definition) is 2. The number of nitrogens with one attached hydrogen (secondary N) is 1. The van der Waals surface area contributed by atoms with E-state index in [9.17, 15) is 19.2 Å². The third-order valence-electron chi connectivity index (χ3n) is 5.76. The van der Waals surface area contributed by atoms with Crippen molar-refractivity contribution in [3.05, 3.63) is 22.8 Å². The van der Waals surface area contributed by atoms with Gasteiger partial charge in [0.2, 0.25) is 6.79 Å². The van der Waals surface area contributed by atoms with E-state index in [4.69, 9.17) is 20.0 Å². The minimum atomic E-state index is -0.817. The van der Waals surface area contributed by atoms with Crippen LogP contribution in [0.3, 0.4) is 0 Å². The number of ether oxygens (including phenoxy) is 2. The van der Waals surface area contributed by atoms with Crippen LogP contribution in [0.5, 0.6) is 0 Å². The molecule has 1 aromatic rings. The number of carbonyl (C=O) groups excluding carboxylic acids is 4. The minimum Gasteiger partial charge on any atom is -0.428 e. The molecule has 2 aliphatic rings. The molecule has 14 heteroatoms. The number of rotatable bonds is 10. The summed E-state index contributed by atoms with van der Waals surface area (Å²) in [6, 6.07) is -0.817. The number of aromatic nitrogens is 1. The molecule has 0 bridgehead atoms. The molecule has 0 saturated carbocycles. The summed E-state index contributed by atoms with van der Waals surface area (Å²) in [6.45, 7) is 5.18. The number of thiazole rings is 1. The third kappa shape index (κ3) is 5.93. The fourth-order valence-corrected chi connectivity index (χ4v) is 5.07. The average Bonchev–Trinajstić information content (AvgIpc) is 3.29. The van der Waals surface area contributed by atoms with Gasteiger partial charge in [-0.05, 0) is 5.92 Å². The van der Waals surface area contributed by atoms with Gasteiger partial charge < -0.3 is 30.3 Å². The SMILES string of the molecule is CCC(C)C(C)C(=O)OCOC(=O)C1=CN2C(=O)C(NC(=O)C(=NOC)c3csc(N)n3)[C@H]2SC1. The number of nitrogens with zero attached hydrogens (tertiary/aromatic N) is 3. The molecule has 2 aliphatic heterocycles. The summed E-state index contributed by atoms with van der Waals surface area (Å²) < 4.78 is 10.1. The van der Waals surface area contributed by atoms with Crippen molar-refractivity contribution in [1.29, 1.82) is 0 Å². The maximum Gasteiger partial charge on any atom is 0.339 e. The number of fused-ring (bicyclic) bond motifs is 1. The Bertz CT molecular complexity index is 1060. The van der Waals surface area contributed by atoms with Gasteiger partial charge in [-0.1, -0.05) is 32.3 Å². The van der Waals surface area contributed by atoms with Crippen LogP contribution in [-0.2, 0) is 33.5 Å². The first-order valence-electron chi connectivity index (χ1n) is 10.8. The molecule has 3 rings (SSSR count). The molecule has 3 unspecified atom stereocenters. The predicted octanol–water partition coefficient (Wildman–Crippen LogP) is 1.09. The van der Waals surface area contributed by atoms with Gasteiger partial charge in [-0.3, -0.25) is 14.4 Å². The van der Waals surface area contributed by atoms with Crippen LogP contribution >= 0.6 is 23.1 Å². The van der Waals surface area contributed by atoms with Gasteiger partial charge >= 0.3 is 11.9 Å². The number of nitrogens with two attached hydrogens (primary N) is 1. The van der Waals surface area contributed by atoms with Crippen molar-refractivity contribution in [2.45, 2.75) is 38.6 Å². The van der Waals surface area contributed by atoms with Crippen LogP contribution in [0.25, 0.3) is 0 Å². The molecule has 1 fully saturated rings. The standard InChI is InChI=1S/C21H27N5O7S2/c1-5-10(2)11(3)19(29)32-9-33-20(30)12-6-26-17(28)15(18(26)34-7-12)24-16(27)14(25-31-4)13-8-35-21(22)23-13/h6,8,10-11,15,18H,5,7,9H2,1-4H3,(H2,22,23)(H,24,27)/t10?,11?,15?,18-/m1/s1. The number of anilines is 1. The summed E-state index contributed by atoms with van der Waals surface area (Å²) in [4.78, 5) is 59.8. The highest BCUT2D eigenvalue weighted by molar-refractivity contribution is 8.00. The van der Waals surface area contributed by atoms with E-state index in [1.807, 2.05) is 13.8 Å². The Morgan fingerprint density at radius 1 is 1.34 bits per heavy atom. The normalized spacial score (nSPS) is 21.1. The summed E-state index contributed by atoms with van der Waals surface area (Å²) in [7, 11) is 1.29. The summed E-state index contributed by atoms with van der Waals surface area (Å²) in [5.41, 5.74) is 5.99. The van der Waals surface area contributed by atoms with Gasteiger partial charge in [-0.15, -0.1) is 23.1 Å². The molecule has 190 valence electrons. The topological polar surface area (TPSA) is 163 Å². The first-order valence-corrected chi connectivity index (χ1v) is 12.7. The maximum absolute atomic E-state index is 12.7. The van der Waals surface area contributed by atoms with E-state index in [1.54, 1.807) is 12.3 Å². The quantitative estimate of drug-likeness (QED) is 0.149. The first-order chi connectivity index (χ1) is 16.7. The van der Waals surface area contributed by atoms with Crippen LogP contribution in [0.2, 0.25) is 0 Å². The number of thioether (sulfide) groups is 1. The van der Waals surface area contributed by atoms with Crippen LogP contribution < -0.4 is 11.1 Å². The van der Waals surface area contributed by atoms with E-state index < -0.39 is 42.0 Å². The highest BCUT2D eigenvalue weighted by atomic mass is 32.2. The Morgan fingerprint density at radius 3 is 2.71 bits per heavy atom. The molecule has 1 saturated heterocycles. The van der Waals surface area contributed by atoms with Crippen molar-refractivity contribution in [2.75, 3.05) is 25.4 Å². The van der Waals surface area contributed by atoms with E-state index in [0.29, 0.717) is 0 Å². The molecule has 35 heavy (non-hydrogen) atoms. The highest BCUT2D eigenvalue weighted by Crippen LogP contribution is 2.36. The van der Waals surface area contributed by atoms with E-state index >= 15 is 0 Å². The van der Waals surface area contributed by atoms with E-state index in [2.05, 4.69) is 15.5 Å². The van der Waals surface area contributed by atoms with Crippen LogP contribution in [0.15, 0.2) is 22.3 Å². The smallest absolute Gasteiger partial charge is 0.339 e. The van der Waals surface area contributed by atoms with Crippen molar-refractivity contribution >= 4 is 57.7 Å². The lowest BCUT2D eigenvalue weighted by molar-refractivity contribution is -0.168. The second-order valence-corrected chi connectivity index (χ2v) is 9.93. The fourth-order valence-electron chi connectivity index (χ4n) is 3.28.